The normalized spacial score (nSPS) is 10.6. The van der Waals surface area contributed by atoms with E-state index in [9.17, 15) is 14.0 Å². The number of carbonyl (C=O) groups excluding carboxylic acids is 1. The predicted molar refractivity (Wildman–Crippen MR) is 100 cm³/mol. The van der Waals surface area contributed by atoms with Crippen molar-refractivity contribution < 1.29 is 9.18 Å². The number of hydrogen-bond donors (Lipinski definition) is 1. The summed E-state index contributed by atoms with van der Waals surface area (Å²) in [6, 6.07) is 15.4. The smallest absolute Gasteiger partial charge is 0.263 e. The van der Waals surface area contributed by atoms with Gasteiger partial charge in [0.2, 0.25) is 0 Å². The number of nitrogens with zero attached hydrogens (tertiary/aromatic N) is 1. The Kier molecular flexibility index (Phi) is 4.98. The second kappa shape index (κ2) is 7.35. The summed E-state index contributed by atoms with van der Waals surface area (Å²) in [5.41, 5.74) is 2.51. The zero-order valence-electron chi connectivity index (χ0n) is 14.6. The molecule has 0 unspecified atom stereocenters. The maximum absolute atomic E-state index is 13.6. The summed E-state index contributed by atoms with van der Waals surface area (Å²) in [4.78, 5) is 25.1. The topological polar surface area (TPSA) is 51.1 Å². The minimum Gasteiger partial charge on any atom is -0.322 e. The maximum Gasteiger partial charge on any atom is 0.263 e. The van der Waals surface area contributed by atoms with E-state index in [2.05, 4.69) is 5.32 Å². The molecule has 0 radical (unpaired) electrons. The molecule has 0 spiro atoms. The minimum absolute atomic E-state index is 0.0149. The van der Waals surface area contributed by atoms with Crippen LogP contribution in [0, 0.1) is 19.7 Å². The van der Waals surface area contributed by atoms with Crippen LogP contribution in [0.15, 0.2) is 65.6 Å². The van der Waals surface area contributed by atoms with Crippen molar-refractivity contribution in [3.05, 3.63) is 99.2 Å². The first-order valence-electron chi connectivity index (χ1n) is 8.26. The molecule has 0 bridgehead atoms. The summed E-state index contributed by atoms with van der Waals surface area (Å²) < 4.78 is 15.1. The van der Waals surface area contributed by atoms with Crippen LogP contribution in [0.25, 0.3) is 0 Å². The van der Waals surface area contributed by atoms with Crippen molar-refractivity contribution in [1.29, 1.82) is 0 Å². The molecule has 26 heavy (non-hydrogen) atoms. The van der Waals surface area contributed by atoms with Crippen LogP contribution in [0.3, 0.4) is 0 Å². The van der Waals surface area contributed by atoms with Crippen molar-refractivity contribution >= 4 is 11.6 Å². The number of aryl methyl sites for hydroxylation is 2. The molecule has 0 aliphatic carbocycles. The van der Waals surface area contributed by atoms with Crippen LogP contribution >= 0.6 is 0 Å². The maximum atomic E-state index is 13.6. The Labute approximate surface area is 150 Å². The van der Waals surface area contributed by atoms with Gasteiger partial charge in [0.05, 0.1) is 6.54 Å². The Morgan fingerprint density at radius 1 is 1.08 bits per heavy atom. The van der Waals surface area contributed by atoms with Gasteiger partial charge in [-0.25, -0.2) is 4.39 Å². The van der Waals surface area contributed by atoms with Gasteiger partial charge in [-0.05, 0) is 49.2 Å². The first kappa shape index (κ1) is 17.6. The second-order valence-electron chi connectivity index (χ2n) is 6.26. The molecule has 1 N–H and O–H groups in total. The van der Waals surface area contributed by atoms with Crippen molar-refractivity contribution in [2.45, 2.75) is 20.4 Å². The van der Waals surface area contributed by atoms with Crippen molar-refractivity contribution in [2.24, 2.45) is 0 Å². The zero-order chi connectivity index (χ0) is 18.7. The highest BCUT2D eigenvalue weighted by Crippen LogP contribution is 2.14. The minimum atomic E-state index is -0.558. The van der Waals surface area contributed by atoms with Gasteiger partial charge in [0.25, 0.3) is 11.5 Å². The van der Waals surface area contributed by atoms with Gasteiger partial charge in [-0.3, -0.25) is 9.59 Å². The van der Waals surface area contributed by atoms with Gasteiger partial charge >= 0.3 is 0 Å². The lowest BCUT2D eigenvalue weighted by atomic mass is 10.1. The number of amides is 1. The van der Waals surface area contributed by atoms with E-state index in [4.69, 9.17) is 0 Å². The van der Waals surface area contributed by atoms with Crippen molar-refractivity contribution in [3.63, 3.8) is 0 Å². The van der Waals surface area contributed by atoms with Crippen LogP contribution in [0.1, 0.15) is 27.0 Å². The van der Waals surface area contributed by atoms with Crippen LogP contribution in [-0.2, 0) is 6.54 Å². The molecule has 2 aromatic carbocycles. The van der Waals surface area contributed by atoms with Gasteiger partial charge in [-0.1, -0.05) is 35.9 Å². The van der Waals surface area contributed by atoms with E-state index < -0.39 is 11.7 Å². The number of benzene rings is 2. The van der Waals surface area contributed by atoms with Crippen LogP contribution in [0.2, 0.25) is 0 Å². The average molecular weight is 350 g/mol. The van der Waals surface area contributed by atoms with Crippen molar-refractivity contribution in [3.8, 4) is 0 Å². The Bertz CT molecular complexity index is 1020. The molecule has 0 saturated carbocycles. The number of pyridine rings is 1. The second-order valence-corrected chi connectivity index (χ2v) is 6.26. The van der Waals surface area contributed by atoms with Crippen LogP contribution in [-0.4, -0.2) is 10.5 Å². The van der Waals surface area contributed by atoms with Crippen LogP contribution in [0.5, 0.6) is 0 Å². The molecule has 0 fully saturated rings. The molecule has 4 nitrogen and oxygen atoms in total. The number of hydrogen-bond acceptors (Lipinski definition) is 2. The molecule has 0 aliphatic rings. The SMILES string of the molecule is Cc1cccc(Cn2cccc(C(=O)Nc3ccc(C)c(F)c3)c2=O)c1. The first-order valence-corrected chi connectivity index (χ1v) is 8.26. The van der Waals surface area contributed by atoms with Gasteiger partial charge in [-0.2, -0.15) is 0 Å². The number of rotatable bonds is 4. The fourth-order valence-electron chi connectivity index (χ4n) is 2.71. The average Bonchev–Trinajstić information content (AvgIpc) is 2.60. The van der Waals surface area contributed by atoms with E-state index in [0.29, 0.717) is 17.8 Å². The van der Waals surface area contributed by atoms with E-state index in [1.165, 1.54) is 16.7 Å². The molecule has 132 valence electrons. The van der Waals surface area contributed by atoms with E-state index >= 15 is 0 Å². The van der Waals surface area contributed by atoms with E-state index in [1.807, 2.05) is 31.2 Å². The number of aromatic nitrogens is 1. The lowest BCUT2D eigenvalue weighted by Crippen LogP contribution is -2.29. The highest BCUT2D eigenvalue weighted by atomic mass is 19.1. The number of anilines is 1. The lowest BCUT2D eigenvalue weighted by Gasteiger charge is -2.10. The van der Waals surface area contributed by atoms with Crippen molar-refractivity contribution in [2.75, 3.05) is 5.32 Å². The molecule has 5 heteroatoms. The number of carbonyl (C=O) groups is 1. The summed E-state index contributed by atoms with van der Waals surface area (Å²) in [7, 11) is 0. The summed E-state index contributed by atoms with van der Waals surface area (Å²) in [5, 5.41) is 2.58. The predicted octanol–water partition coefficient (Wildman–Crippen LogP) is 3.90. The lowest BCUT2D eigenvalue weighted by molar-refractivity contribution is 0.102. The highest BCUT2D eigenvalue weighted by Gasteiger charge is 2.13. The first-order chi connectivity index (χ1) is 12.4. The quantitative estimate of drug-likeness (QED) is 0.776. The monoisotopic (exact) mass is 350 g/mol. The molecule has 0 saturated heterocycles. The molecule has 1 amide bonds. The third-order valence-electron chi connectivity index (χ3n) is 4.13. The molecule has 0 aliphatic heterocycles. The third-order valence-corrected chi connectivity index (χ3v) is 4.13. The summed E-state index contributed by atoms with van der Waals surface area (Å²) in [6.07, 6.45) is 1.65. The molecule has 1 aromatic heterocycles. The summed E-state index contributed by atoms with van der Waals surface area (Å²) in [5.74, 6) is -0.968. The van der Waals surface area contributed by atoms with Gasteiger partial charge in [0, 0.05) is 11.9 Å². The largest absolute Gasteiger partial charge is 0.322 e. The van der Waals surface area contributed by atoms with Crippen molar-refractivity contribution in [1.82, 2.24) is 4.57 Å². The van der Waals surface area contributed by atoms with Crippen LogP contribution in [0.4, 0.5) is 10.1 Å². The van der Waals surface area contributed by atoms with Crippen LogP contribution < -0.4 is 10.9 Å². The molecule has 3 aromatic rings. The van der Waals surface area contributed by atoms with E-state index in [-0.39, 0.29) is 11.1 Å². The fraction of sp³-hybridized carbons (Fsp3) is 0.143. The fourth-order valence-corrected chi connectivity index (χ4v) is 2.71. The molecular formula is C21H19FN2O2. The molecule has 3 rings (SSSR count). The Hall–Kier alpha value is -3.21. The molecular weight excluding hydrogens is 331 g/mol. The van der Waals surface area contributed by atoms with Gasteiger partial charge in [0.15, 0.2) is 0 Å². The third kappa shape index (κ3) is 3.88. The number of nitrogens with one attached hydrogen (secondary N) is 1. The Morgan fingerprint density at radius 3 is 2.62 bits per heavy atom. The molecule has 1 heterocycles. The summed E-state index contributed by atoms with van der Waals surface area (Å²) >= 11 is 0. The van der Waals surface area contributed by atoms with E-state index in [1.54, 1.807) is 31.3 Å². The zero-order valence-corrected chi connectivity index (χ0v) is 14.6. The number of halogens is 1. The Balaban J connectivity index is 1.85. The van der Waals surface area contributed by atoms with Gasteiger partial charge < -0.3 is 9.88 Å². The van der Waals surface area contributed by atoms with Gasteiger partial charge in [0.1, 0.15) is 11.4 Å². The van der Waals surface area contributed by atoms with E-state index in [0.717, 1.165) is 11.1 Å². The molecule has 0 atom stereocenters. The standard InChI is InChI=1S/C21H19FN2O2/c1-14-5-3-6-16(11-14)13-24-10-4-7-18(21(24)26)20(25)23-17-9-8-15(2)19(22)12-17/h3-12H,13H2,1-2H3,(H,23,25). The Morgan fingerprint density at radius 2 is 1.88 bits per heavy atom. The van der Waals surface area contributed by atoms with Gasteiger partial charge in [-0.15, -0.1) is 0 Å². The summed E-state index contributed by atoms with van der Waals surface area (Å²) in [6.45, 7) is 4.00. The highest BCUT2D eigenvalue weighted by molar-refractivity contribution is 6.03.